The zero-order valence-corrected chi connectivity index (χ0v) is 17.4. The van der Waals surface area contributed by atoms with Crippen molar-refractivity contribution in [1.82, 2.24) is 0 Å². The second-order valence-corrected chi connectivity index (χ2v) is 8.65. The molecule has 0 amide bonds. The van der Waals surface area contributed by atoms with E-state index in [1.807, 2.05) is 6.92 Å². The van der Waals surface area contributed by atoms with Crippen LogP contribution in [0.4, 0.5) is 0 Å². The Bertz CT molecular complexity index is 553. The topological polar surface area (TPSA) is 80.7 Å². The lowest BCUT2D eigenvalue weighted by atomic mass is 9.84. The predicted octanol–water partition coefficient (Wildman–Crippen LogP) is 4.93. The largest absolute Gasteiger partial charge is 0.481 e. The predicted molar refractivity (Wildman–Crippen MR) is 108 cm³/mol. The fourth-order valence-electron chi connectivity index (χ4n) is 4.37. The van der Waals surface area contributed by atoms with E-state index < -0.39 is 11.9 Å². The molecule has 0 aromatic heterocycles. The van der Waals surface area contributed by atoms with E-state index >= 15 is 0 Å². The molecule has 0 aromatic carbocycles. The fraction of sp³-hybridized carbons (Fsp3) is 0.783. The number of hydrogen-bond donors (Lipinski definition) is 1. The summed E-state index contributed by atoms with van der Waals surface area (Å²) in [5.74, 6) is -1.13. The Morgan fingerprint density at radius 1 is 1.04 bits per heavy atom. The van der Waals surface area contributed by atoms with E-state index in [0.29, 0.717) is 18.8 Å². The monoisotopic (exact) mass is 392 g/mol. The van der Waals surface area contributed by atoms with Gasteiger partial charge in [0.2, 0.25) is 0 Å². The number of esters is 1. The molecule has 0 aliphatic heterocycles. The Morgan fingerprint density at radius 3 is 2.25 bits per heavy atom. The van der Waals surface area contributed by atoms with Crippen LogP contribution in [0.3, 0.4) is 0 Å². The SMILES string of the molecule is CCC(CC(C)C(=O)O)C(=O)OC1CCC(/C=C/C(=O)C2CCCCC2)CC1. The lowest BCUT2D eigenvalue weighted by molar-refractivity contribution is -0.157. The number of carboxylic acids is 1. The van der Waals surface area contributed by atoms with Gasteiger partial charge in [0.25, 0.3) is 0 Å². The molecule has 0 spiro atoms. The summed E-state index contributed by atoms with van der Waals surface area (Å²) in [5, 5.41) is 9.05. The van der Waals surface area contributed by atoms with Crippen molar-refractivity contribution in [2.45, 2.75) is 90.6 Å². The van der Waals surface area contributed by atoms with Gasteiger partial charge in [-0.15, -0.1) is 0 Å². The van der Waals surface area contributed by atoms with E-state index in [-0.39, 0.29) is 29.7 Å². The molecule has 0 radical (unpaired) electrons. The molecule has 5 heteroatoms. The fourth-order valence-corrected chi connectivity index (χ4v) is 4.37. The van der Waals surface area contributed by atoms with Gasteiger partial charge in [0.1, 0.15) is 6.10 Å². The van der Waals surface area contributed by atoms with Crippen LogP contribution in [0.1, 0.15) is 84.5 Å². The van der Waals surface area contributed by atoms with Crippen LogP contribution in [0, 0.1) is 23.7 Å². The molecule has 1 N–H and O–H groups in total. The van der Waals surface area contributed by atoms with E-state index in [1.165, 1.54) is 19.3 Å². The summed E-state index contributed by atoms with van der Waals surface area (Å²) in [7, 11) is 0. The number of carbonyl (C=O) groups is 3. The van der Waals surface area contributed by atoms with E-state index in [4.69, 9.17) is 9.84 Å². The molecule has 0 saturated heterocycles. The minimum Gasteiger partial charge on any atom is -0.481 e. The Hall–Kier alpha value is -1.65. The van der Waals surface area contributed by atoms with Crippen molar-refractivity contribution in [3.8, 4) is 0 Å². The molecule has 2 unspecified atom stereocenters. The third-order valence-electron chi connectivity index (χ3n) is 6.43. The number of carboxylic acid groups (broad SMARTS) is 1. The van der Waals surface area contributed by atoms with Crippen LogP contribution < -0.4 is 0 Å². The summed E-state index contributed by atoms with van der Waals surface area (Å²) in [5.41, 5.74) is 0. The first kappa shape index (κ1) is 22.6. The molecule has 2 fully saturated rings. The van der Waals surface area contributed by atoms with Crippen molar-refractivity contribution < 1.29 is 24.2 Å². The smallest absolute Gasteiger partial charge is 0.309 e. The summed E-state index contributed by atoms with van der Waals surface area (Å²) in [4.78, 5) is 35.7. The quantitative estimate of drug-likeness (QED) is 0.444. The second-order valence-electron chi connectivity index (χ2n) is 8.65. The van der Waals surface area contributed by atoms with Gasteiger partial charge in [-0.2, -0.15) is 0 Å². The minimum atomic E-state index is -0.874. The Kier molecular flexibility index (Phi) is 9.20. The van der Waals surface area contributed by atoms with Crippen molar-refractivity contribution in [2.24, 2.45) is 23.7 Å². The Morgan fingerprint density at radius 2 is 1.68 bits per heavy atom. The van der Waals surface area contributed by atoms with Gasteiger partial charge in [-0.25, -0.2) is 0 Å². The maximum Gasteiger partial charge on any atom is 0.309 e. The molecule has 0 aromatic rings. The van der Waals surface area contributed by atoms with Gasteiger partial charge < -0.3 is 9.84 Å². The molecule has 158 valence electrons. The number of hydrogen-bond acceptors (Lipinski definition) is 4. The first-order valence-corrected chi connectivity index (χ1v) is 11.1. The molecular weight excluding hydrogens is 356 g/mol. The van der Waals surface area contributed by atoms with Gasteiger partial charge in [0.05, 0.1) is 11.8 Å². The maximum absolute atomic E-state index is 12.4. The highest BCUT2D eigenvalue weighted by Crippen LogP contribution is 2.30. The molecule has 2 saturated carbocycles. The van der Waals surface area contributed by atoms with Gasteiger partial charge in [-0.05, 0) is 63.4 Å². The standard InChI is InChI=1S/C23H36O5/c1-3-18(15-16(2)22(25)26)23(27)28-20-12-9-17(10-13-20)11-14-21(24)19-7-5-4-6-8-19/h11,14,16-20H,3-10,12-13,15H2,1-2H3,(H,25,26)/b14-11+. The van der Waals surface area contributed by atoms with Gasteiger partial charge in [-0.1, -0.05) is 39.2 Å². The molecule has 5 nitrogen and oxygen atoms in total. The molecule has 28 heavy (non-hydrogen) atoms. The van der Waals surface area contributed by atoms with Crippen LogP contribution in [-0.2, 0) is 19.1 Å². The molecule has 0 heterocycles. The average molecular weight is 393 g/mol. The summed E-state index contributed by atoms with van der Waals surface area (Å²) in [6, 6.07) is 0. The van der Waals surface area contributed by atoms with Crippen LogP contribution in [-0.4, -0.2) is 28.9 Å². The molecule has 2 rings (SSSR count). The summed E-state index contributed by atoms with van der Waals surface area (Å²) in [6.45, 7) is 3.52. The third-order valence-corrected chi connectivity index (χ3v) is 6.43. The van der Waals surface area contributed by atoms with E-state index in [0.717, 1.165) is 38.5 Å². The Balaban J connectivity index is 1.73. The third kappa shape index (κ3) is 7.06. The second kappa shape index (κ2) is 11.4. The zero-order valence-electron chi connectivity index (χ0n) is 17.4. The number of ether oxygens (including phenoxy) is 1. The first-order chi connectivity index (χ1) is 13.4. The molecule has 2 aliphatic carbocycles. The number of ketones is 1. The summed E-state index contributed by atoms with van der Waals surface area (Å²) in [6.07, 6.45) is 13.8. The van der Waals surface area contributed by atoms with Gasteiger partial charge in [0.15, 0.2) is 5.78 Å². The van der Waals surface area contributed by atoms with Crippen LogP contribution in [0.15, 0.2) is 12.2 Å². The van der Waals surface area contributed by atoms with Crippen molar-refractivity contribution in [2.75, 3.05) is 0 Å². The van der Waals surface area contributed by atoms with Gasteiger partial charge in [0, 0.05) is 5.92 Å². The number of rotatable bonds is 9. The van der Waals surface area contributed by atoms with Gasteiger partial charge in [-0.3, -0.25) is 14.4 Å². The zero-order chi connectivity index (χ0) is 20.5. The van der Waals surface area contributed by atoms with Crippen LogP contribution in [0.2, 0.25) is 0 Å². The van der Waals surface area contributed by atoms with Crippen molar-refractivity contribution >= 4 is 17.7 Å². The highest BCUT2D eigenvalue weighted by molar-refractivity contribution is 5.91. The average Bonchev–Trinajstić information content (AvgIpc) is 2.71. The van der Waals surface area contributed by atoms with Gasteiger partial charge >= 0.3 is 11.9 Å². The molecule has 0 bridgehead atoms. The van der Waals surface area contributed by atoms with Crippen molar-refractivity contribution in [3.05, 3.63) is 12.2 Å². The highest BCUT2D eigenvalue weighted by atomic mass is 16.5. The lowest BCUT2D eigenvalue weighted by Crippen LogP contribution is -2.29. The molecule has 2 atom stereocenters. The van der Waals surface area contributed by atoms with E-state index in [1.54, 1.807) is 13.0 Å². The minimum absolute atomic E-state index is 0.0830. The van der Waals surface area contributed by atoms with Crippen molar-refractivity contribution in [1.29, 1.82) is 0 Å². The van der Waals surface area contributed by atoms with Crippen LogP contribution >= 0.6 is 0 Å². The number of aliphatic carboxylic acids is 1. The van der Waals surface area contributed by atoms with E-state index in [9.17, 15) is 14.4 Å². The Labute approximate surface area is 168 Å². The summed E-state index contributed by atoms with van der Waals surface area (Å²) >= 11 is 0. The molecular formula is C23H36O5. The van der Waals surface area contributed by atoms with Crippen molar-refractivity contribution in [3.63, 3.8) is 0 Å². The first-order valence-electron chi connectivity index (χ1n) is 11.1. The summed E-state index contributed by atoms with van der Waals surface area (Å²) < 4.78 is 5.67. The number of allylic oxidation sites excluding steroid dienone is 2. The lowest BCUT2D eigenvalue weighted by Gasteiger charge is -2.28. The molecule has 2 aliphatic rings. The highest BCUT2D eigenvalue weighted by Gasteiger charge is 2.28. The normalized spacial score (nSPS) is 25.9. The van der Waals surface area contributed by atoms with Crippen LogP contribution in [0.25, 0.3) is 0 Å². The maximum atomic E-state index is 12.4. The number of carbonyl (C=O) groups excluding carboxylic acids is 2. The van der Waals surface area contributed by atoms with Crippen LogP contribution in [0.5, 0.6) is 0 Å². The van der Waals surface area contributed by atoms with E-state index in [2.05, 4.69) is 6.08 Å².